The van der Waals surface area contributed by atoms with E-state index in [0.29, 0.717) is 29.8 Å². The van der Waals surface area contributed by atoms with Crippen LogP contribution in [0.5, 0.6) is 0 Å². The summed E-state index contributed by atoms with van der Waals surface area (Å²) < 4.78 is 24.8. The van der Waals surface area contributed by atoms with Gasteiger partial charge in [0.25, 0.3) is 0 Å². The van der Waals surface area contributed by atoms with Gasteiger partial charge in [0.15, 0.2) is 0 Å². The highest BCUT2D eigenvalue weighted by Gasteiger charge is 2.84. The second-order valence-electron chi connectivity index (χ2n) is 18.0. The Labute approximate surface area is 303 Å². The lowest BCUT2D eigenvalue weighted by atomic mass is 9.56. The molecule has 7 heteroatoms. The Hall–Kier alpha value is -3.32. The minimum atomic E-state index is -0.560. The minimum Gasteiger partial charge on any atom is -0.445 e. The number of likely N-dealkylation sites (tertiary alicyclic amines) is 1. The summed E-state index contributed by atoms with van der Waals surface area (Å²) in [5, 5.41) is 0. The highest BCUT2D eigenvalue weighted by atomic mass is 16.7. The number of benzene rings is 2. The van der Waals surface area contributed by atoms with E-state index in [1.807, 2.05) is 60.7 Å². The zero-order valence-corrected chi connectivity index (χ0v) is 30.9. The van der Waals surface area contributed by atoms with Gasteiger partial charge in [-0.25, -0.2) is 9.59 Å². The molecule has 12 atom stereocenters. The molecule has 7 nitrogen and oxygen atoms in total. The van der Waals surface area contributed by atoms with E-state index in [4.69, 9.17) is 18.9 Å². The molecule has 2 spiro atoms. The molecule has 2 aliphatic heterocycles. The number of fused-ring (bicyclic) bond motifs is 6. The van der Waals surface area contributed by atoms with Gasteiger partial charge in [-0.05, 0) is 97.0 Å². The molecule has 51 heavy (non-hydrogen) atoms. The first-order chi connectivity index (χ1) is 24.6. The second-order valence-corrected chi connectivity index (χ2v) is 18.0. The monoisotopic (exact) mass is 693 g/mol. The standard InChI is InChI=1S/C44H55NO6/c1-28-21-37-38(45(24-28)39(46)48-25-30-11-7-5-8-12-30)29(2)44(51-37)20-18-35-34-16-15-32-22-33(50-40(47)49-26-31-13-9-6-10-14-31)17-19-41(32,3)36(34)23-43(35)27-42(43,44)4/h5-15,28-29,33-38H,16-27H2,1-4H3/t28-,29+,33-,34-,35-,36-,37+,38-,41-,42?,43?,44+/m0/s1. The lowest BCUT2D eigenvalue weighted by Crippen LogP contribution is -2.56. The number of amides is 1. The number of piperidine rings is 1. The minimum absolute atomic E-state index is 0.0552. The van der Waals surface area contributed by atoms with Crippen molar-refractivity contribution in [2.24, 2.45) is 45.8 Å². The first-order valence-corrected chi connectivity index (χ1v) is 19.8. The third kappa shape index (κ3) is 5.06. The van der Waals surface area contributed by atoms with Crippen LogP contribution in [0.25, 0.3) is 0 Å². The lowest BCUT2D eigenvalue weighted by Gasteiger charge is -2.50. The summed E-state index contributed by atoms with van der Waals surface area (Å²) in [6, 6.07) is 19.8. The van der Waals surface area contributed by atoms with E-state index in [0.717, 1.165) is 62.1 Å². The smallest absolute Gasteiger partial charge is 0.445 e. The van der Waals surface area contributed by atoms with E-state index in [2.05, 4.69) is 38.7 Å². The molecular weight excluding hydrogens is 638 g/mol. The Kier molecular flexibility index (Phi) is 7.96. The van der Waals surface area contributed by atoms with E-state index < -0.39 is 6.16 Å². The van der Waals surface area contributed by atoms with Crippen LogP contribution in [0.4, 0.5) is 9.59 Å². The number of hydrogen-bond donors (Lipinski definition) is 0. The Morgan fingerprint density at radius 1 is 0.902 bits per heavy atom. The normalized spacial score (nSPS) is 43.1. The van der Waals surface area contributed by atoms with Gasteiger partial charge in [0, 0.05) is 24.3 Å². The molecule has 2 saturated heterocycles. The van der Waals surface area contributed by atoms with Crippen LogP contribution in [0.15, 0.2) is 72.3 Å². The summed E-state index contributed by atoms with van der Waals surface area (Å²) in [7, 11) is 0. The van der Waals surface area contributed by atoms with Gasteiger partial charge < -0.3 is 23.8 Å². The maximum absolute atomic E-state index is 13.8. The fourth-order valence-electron chi connectivity index (χ4n) is 13.3. The first-order valence-electron chi connectivity index (χ1n) is 19.8. The highest BCUT2D eigenvalue weighted by molar-refractivity contribution is 5.68. The first kappa shape index (κ1) is 33.5. The predicted molar refractivity (Wildman–Crippen MR) is 193 cm³/mol. The van der Waals surface area contributed by atoms with Crippen molar-refractivity contribution in [2.75, 3.05) is 6.54 Å². The van der Waals surface area contributed by atoms with Crippen molar-refractivity contribution >= 4 is 12.2 Å². The molecule has 2 aromatic carbocycles. The van der Waals surface area contributed by atoms with Crippen molar-refractivity contribution in [1.82, 2.24) is 4.90 Å². The molecule has 5 aliphatic carbocycles. The van der Waals surface area contributed by atoms with Gasteiger partial charge in [0.1, 0.15) is 19.3 Å². The van der Waals surface area contributed by atoms with E-state index >= 15 is 0 Å². The Morgan fingerprint density at radius 3 is 2.33 bits per heavy atom. The summed E-state index contributed by atoms with van der Waals surface area (Å²) in [5.41, 5.74) is 3.82. The van der Waals surface area contributed by atoms with Crippen molar-refractivity contribution in [3.63, 3.8) is 0 Å². The van der Waals surface area contributed by atoms with E-state index in [-0.39, 0.29) is 53.3 Å². The molecular formula is C44H55NO6. The van der Waals surface area contributed by atoms with Gasteiger partial charge >= 0.3 is 12.2 Å². The van der Waals surface area contributed by atoms with Crippen molar-refractivity contribution in [3.05, 3.63) is 83.4 Å². The highest BCUT2D eigenvalue weighted by Crippen LogP contribution is 2.87. The van der Waals surface area contributed by atoms with Gasteiger partial charge in [-0.3, -0.25) is 0 Å². The predicted octanol–water partition coefficient (Wildman–Crippen LogP) is 9.49. The Balaban J connectivity index is 0.891. The average Bonchev–Trinajstić information content (AvgIpc) is 3.48. The van der Waals surface area contributed by atoms with Gasteiger partial charge in [-0.1, -0.05) is 100 Å². The summed E-state index contributed by atoms with van der Waals surface area (Å²) in [5.74, 6) is 2.70. The molecule has 272 valence electrons. The van der Waals surface area contributed by atoms with Crippen LogP contribution in [-0.4, -0.2) is 47.5 Å². The molecule has 2 aromatic rings. The molecule has 1 amide bonds. The maximum Gasteiger partial charge on any atom is 0.508 e. The Bertz CT molecular complexity index is 1700. The van der Waals surface area contributed by atoms with Crippen LogP contribution in [0.2, 0.25) is 0 Å². The number of ether oxygens (including phenoxy) is 4. The summed E-state index contributed by atoms with van der Waals surface area (Å²) in [4.78, 5) is 28.5. The fourth-order valence-corrected chi connectivity index (χ4v) is 13.3. The van der Waals surface area contributed by atoms with Crippen molar-refractivity contribution < 1.29 is 28.5 Å². The molecule has 2 unspecified atom stereocenters. The second kappa shape index (κ2) is 12.1. The van der Waals surface area contributed by atoms with Crippen molar-refractivity contribution in [3.8, 4) is 0 Å². The molecule has 7 aliphatic rings. The maximum atomic E-state index is 13.8. The van der Waals surface area contributed by atoms with E-state index in [1.165, 1.54) is 24.8 Å². The molecule has 2 heterocycles. The number of nitrogens with zero attached hydrogens (tertiary/aromatic N) is 1. The summed E-state index contributed by atoms with van der Waals surface area (Å²) in [6.45, 7) is 11.0. The van der Waals surface area contributed by atoms with Crippen LogP contribution in [0.1, 0.15) is 96.6 Å². The van der Waals surface area contributed by atoms with Crippen LogP contribution in [-0.2, 0) is 32.2 Å². The quantitative estimate of drug-likeness (QED) is 0.230. The van der Waals surface area contributed by atoms with Crippen molar-refractivity contribution in [1.29, 1.82) is 0 Å². The number of hydrogen-bond acceptors (Lipinski definition) is 6. The molecule has 9 rings (SSSR count). The van der Waals surface area contributed by atoms with Gasteiger partial charge in [0.2, 0.25) is 0 Å². The third-order valence-electron chi connectivity index (χ3n) is 15.7. The number of rotatable bonds is 5. The van der Waals surface area contributed by atoms with Crippen LogP contribution < -0.4 is 0 Å². The van der Waals surface area contributed by atoms with Crippen LogP contribution >= 0.6 is 0 Å². The molecule has 0 bridgehead atoms. The number of carbonyl (C=O) groups is 2. The number of allylic oxidation sites excluding steroid dienone is 1. The number of carbonyl (C=O) groups excluding carboxylic acids is 2. The third-order valence-corrected chi connectivity index (χ3v) is 15.7. The molecule has 0 aromatic heterocycles. The molecule has 0 radical (unpaired) electrons. The van der Waals surface area contributed by atoms with Gasteiger partial charge in [0.05, 0.1) is 17.7 Å². The van der Waals surface area contributed by atoms with Crippen LogP contribution in [0, 0.1) is 45.8 Å². The van der Waals surface area contributed by atoms with Gasteiger partial charge in [-0.15, -0.1) is 0 Å². The topological polar surface area (TPSA) is 74.3 Å². The van der Waals surface area contributed by atoms with E-state index in [9.17, 15) is 9.59 Å². The largest absolute Gasteiger partial charge is 0.508 e. The Morgan fingerprint density at radius 2 is 1.61 bits per heavy atom. The SMILES string of the molecule is C[C@H]1C[C@H]2O[C@]3(CC[C@H]4[C@@H]5CC=C6C[C@@H](OC(=O)OCc7ccccc7)CC[C@]6(C)[C@H]5CC45CC53C)[C@H](C)[C@@H]2N(C(=O)OCc2ccccc2)C1. The summed E-state index contributed by atoms with van der Waals surface area (Å²) in [6.07, 6.45) is 11.4. The lowest BCUT2D eigenvalue weighted by molar-refractivity contribution is -0.147. The van der Waals surface area contributed by atoms with E-state index in [1.54, 1.807) is 0 Å². The van der Waals surface area contributed by atoms with Crippen LogP contribution in [0.3, 0.4) is 0 Å². The zero-order chi connectivity index (χ0) is 35.2. The average molecular weight is 694 g/mol. The molecule has 4 saturated carbocycles. The van der Waals surface area contributed by atoms with Gasteiger partial charge in [-0.2, -0.15) is 0 Å². The molecule has 0 N–H and O–H groups in total. The summed E-state index contributed by atoms with van der Waals surface area (Å²) >= 11 is 0. The molecule has 6 fully saturated rings. The fraction of sp³-hybridized carbons (Fsp3) is 0.636. The zero-order valence-electron chi connectivity index (χ0n) is 30.9. The van der Waals surface area contributed by atoms with Crippen molar-refractivity contribution in [2.45, 2.75) is 123 Å².